The van der Waals surface area contributed by atoms with Gasteiger partial charge in [-0.15, -0.1) is 0 Å². The fourth-order valence-corrected chi connectivity index (χ4v) is 4.25. The SMILES string of the molecule is O=C1Nc2ccccc2[C@@]12CCN[C@@H]2c1ccc2c(c1)OCCO2. The van der Waals surface area contributed by atoms with Crippen LogP contribution in [0.3, 0.4) is 0 Å². The molecule has 0 aliphatic carbocycles. The van der Waals surface area contributed by atoms with E-state index in [1.807, 2.05) is 36.4 Å². The quantitative estimate of drug-likeness (QED) is 0.846. The highest BCUT2D eigenvalue weighted by atomic mass is 16.6. The maximum Gasteiger partial charge on any atom is 0.237 e. The van der Waals surface area contributed by atoms with Gasteiger partial charge in [-0.3, -0.25) is 4.79 Å². The number of hydrogen-bond donors (Lipinski definition) is 2. The molecule has 1 fully saturated rings. The first-order chi connectivity index (χ1) is 11.8. The topological polar surface area (TPSA) is 59.6 Å². The lowest BCUT2D eigenvalue weighted by molar-refractivity contribution is -0.121. The number of benzene rings is 2. The monoisotopic (exact) mass is 322 g/mol. The van der Waals surface area contributed by atoms with Crippen molar-refractivity contribution in [3.8, 4) is 11.5 Å². The highest BCUT2D eigenvalue weighted by Gasteiger charge is 2.55. The van der Waals surface area contributed by atoms with Crippen molar-refractivity contribution in [2.24, 2.45) is 0 Å². The molecule has 5 rings (SSSR count). The maximum absolute atomic E-state index is 12.9. The second kappa shape index (κ2) is 4.98. The maximum atomic E-state index is 12.9. The van der Waals surface area contributed by atoms with Crippen LogP contribution in [0.2, 0.25) is 0 Å². The van der Waals surface area contributed by atoms with Crippen LogP contribution in [0.4, 0.5) is 5.69 Å². The molecular weight excluding hydrogens is 304 g/mol. The average Bonchev–Trinajstić information content (AvgIpc) is 3.18. The van der Waals surface area contributed by atoms with Crippen LogP contribution in [0.25, 0.3) is 0 Å². The third-order valence-corrected chi connectivity index (χ3v) is 5.32. The number of hydrogen-bond acceptors (Lipinski definition) is 4. The van der Waals surface area contributed by atoms with Gasteiger partial charge in [0.15, 0.2) is 11.5 Å². The molecule has 1 saturated heterocycles. The lowest BCUT2D eigenvalue weighted by Gasteiger charge is -2.30. The summed E-state index contributed by atoms with van der Waals surface area (Å²) in [6, 6.07) is 13.9. The minimum absolute atomic E-state index is 0.0722. The first kappa shape index (κ1) is 13.9. The van der Waals surface area contributed by atoms with Crippen molar-refractivity contribution in [3.05, 3.63) is 53.6 Å². The normalized spacial score (nSPS) is 27.2. The molecule has 2 aromatic carbocycles. The number of ether oxygens (including phenoxy) is 2. The molecule has 0 radical (unpaired) electrons. The lowest BCUT2D eigenvalue weighted by Crippen LogP contribution is -2.39. The Bertz CT molecular complexity index is 835. The Morgan fingerprint density at radius 3 is 2.79 bits per heavy atom. The molecule has 2 aromatic rings. The number of nitrogens with one attached hydrogen (secondary N) is 2. The predicted molar refractivity (Wildman–Crippen MR) is 89.5 cm³/mol. The van der Waals surface area contributed by atoms with E-state index < -0.39 is 5.41 Å². The largest absolute Gasteiger partial charge is 0.486 e. The summed E-state index contributed by atoms with van der Waals surface area (Å²) < 4.78 is 11.3. The smallest absolute Gasteiger partial charge is 0.237 e. The van der Waals surface area contributed by atoms with Crippen LogP contribution >= 0.6 is 0 Å². The van der Waals surface area contributed by atoms with E-state index in [0.717, 1.165) is 41.3 Å². The van der Waals surface area contributed by atoms with Gasteiger partial charge in [-0.2, -0.15) is 0 Å². The molecule has 122 valence electrons. The van der Waals surface area contributed by atoms with Gasteiger partial charge in [-0.25, -0.2) is 0 Å². The van der Waals surface area contributed by atoms with Gasteiger partial charge in [0.05, 0.1) is 11.5 Å². The summed E-state index contributed by atoms with van der Waals surface area (Å²) in [5.74, 6) is 1.61. The van der Waals surface area contributed by atoms with Gasteiger partial charge in [0.25, 0.3) is 0 Å². The fraction of sp³-hybridized carbons (Fsp3) is 0.316. The summed E-state index contributed by atoms with van der Waals surface area (Å²) >= 11 is 0. The number of carbonyl (C=O) groups is 1. The Morgan fingerprint density at radius 1 is 1.04 bits per heavy atom. The first-order valence-corrected chi connectivity index (χ1v) is 8.33. The van der Waals surface area contributed by atoms with E-state index in [-0.39, 0.29) is 11.9 Å². The Balaban J connectivity index is 1.63. The minimum atomic E-state index is -0.555. The van der Waals surface area contributed by atoms with Gasteiger partial charge in [0, 0.05) is 5.69 Å². The highest BCUT2D eigenvalue weighted by molar-refractivity contribution is 6.07. The molecule has 3 heterocycles. The van der Waals surface area contributed by atoms with E-state index in [4.69, 9.17) is 9.47 Å². The zero-order valence-corrected chi connectivity index (χ0v) is 13.2. The summed E-state index contributed by atoms with van der Waals surface area (Å²) in [5, 5.41) is 6.58. The van der Waals surface area contributed by atoms with Gasteiger partial charge in [-0.1, -0.05) is 24.3 Å². The van der Waals surface area contributed by atoms with Crippen LogP contribution in [0.5, 0.6) is 11.5 Å². The molecule has 3 aliphatic rings. The molecule has 3 aliphatic heterocycles. The summed E-state index contributed by atoms with van der Waals surface area (Å²) in [6.07, 6.45) is 0.787. The molecule has 5 nitrogen and oxygen atoms in total. The van der Waals surface area contributed by atoms with Crippen molar-refractivity contribution in [3.63, 3.8) is 0 Å². The zero-order valence-electron chi connectivity index (χ0n) is 13.2. The molecule has 1 amide bonds. The van der Waals surface area contributed by atoms with Crippen molar-refractivity contribution in [1.82, 2.24) is 5.32 Å². The van der Waals surface area contributed by atoms with Gasteiger partial charge in [0.2, 0.25) is 5.91 Å². The molecule has 0 unspecified atom stereocenters. The number of anilines is 1. The van der Waals surface area contributed by atoms with E-state index in [2.05, 4.69) is 16.7 Å². The molecule has 0 aromatic heterocycles. The zero-order chi connectivity index (χ0) is 16.1. The van der Waals surface area contributed by atoms with Gasteiger partial charge >= 0.3 is 0 Å². The van der Waals surface area contributed by atoms with Crippen LogP contribution in [0.15, 0.2) is 42.5 Å². The number of carbonyl (C=O) groups excluding carboxylic acids is 1. The summed E-state index contributed by atoms with van der Waals surface area (Å²) in [6.45, 7) is 1.94. The summed E-state index contributed by atoms with van der Waals surface area (Å²) in [4.78, 5) is 12.9. The van der Waals surface area contributed by atoms with Gasteiger partial charge in [-0.05, 0) is 42.3 Å². The Morgan fingerprint density at radius 2 is 1.88 bits per heavy atom. The van der Waals surface area contributed by atoms with Gasteiger partial charge < -0.3 is 20.1 Å². The molecule has 2 atom stereocenters. The van der Waals surface area contributed by atoms with Crippen molar-refractivity contribution < 1.29 is 14.3 Å². The Kier molecular flexibility index (Phi) is 2.88. The van der Waals surface area contributed by atoms with Crippen molar-refractivity contribution >= 4 is 11.6 Å². The van der Waals surface area contributed by atoms with E-state index >= 15 is 0 Å². The number of fused-ring (bicyclic) bond motifs is 3. The minimum Gasteiger partial charge on any atom is -0.486 e. The van der Waals surface area contributed by atoms with Crippen LogP contribution in [-0.4, -0.2) is 25.7 Å². The Labute approximate surface area is 140 Å². The fourth-order valence-electron chi connectivity index (χ4n) is 4.25. The average molecular weight is 322 g/mol. The summed E-state index contributed by atoms with van der Waals surface area (Å²) in [7, 11) is 0. The highest BCUT2D eigenvalue weighted by Crippen LogP contribution is 2.51. The van der Waals surface area contributed by atoms with Crippen molar-refractivity contribution in [2.75, 3.05) is 25.1 Å². The van der Waals surface area contributed by atoms with E-state index in [0.29, 0.717) is 13.2 Å². The number of rotatable bonds is 1. The van der Waals surface area contributed by atoms with E-state index in [9.17, 15) is 4.79 Å². The van der Waals surface area contributed by atoms with Crippen LogP contribution in [-0.2, 0) is 10.2 Å². The van der Waals surface area contributed by atoms with Crippen molar-refractivity contribution in [2.45, 2.75) is 17.9 Å². The van der Waals surface area contributed by atoms with Crippen molar-refractivity contribution in [1.29, 1.82) is 0 Å². The van der Waals surface area contributed by atoms with Crippen LogP contribution in [0.1, 0.15) is 23.6 Å². The Hall–Kier alpha value is -2.53. The third kappa shape index (κ3) is 1.76. The second-order valence-corrected chi connectivity index (χ2v) is 6.51. The standard InChI is InChI=1S/C19H18N2O3/c22-18-19(13-3-1-2-4-14(13)21-18)7-8-20-17(19)12-5-6-15-16(11-12)24-10-9-23-15/h1-6,11,17,20H,7-10H2,(H,21,22)/t17-,19-/m1/s1. The molecule has 0 saturated carbocycles. The third-order valence-electron chi connectivity index (χ3n) is 5.32. The second-order valence-electron chi connectivity index (χ2n) is 6.51. The number of para-hydroxylation sites is 1. The summed E-state index contributed by atoms with van der Waals surface area (Å²) in [5.41, 5.74) is 2.51. The van der Waals surface area contributed by atoms with Crippen LogP contribution < -0.4 is 20.1 Å². The first-order valence-electron chi connectivity index (χ1n) is 8.33. The molecular formula is C19H18N2O3. The predicted octanol–water partition coefficient (Wildman–Crippen LogP) is 2.38. The van der Waals surface area contributed by atoms with Gasteiger partial charge in [0.1, 0.15) is 13.2 Å². The van der Waals surface area contributed by atoms with E-state index in [1.54, 1.807) is 0 Å². The molecule has 2 N–H and O–H groups in total. The number of amides is 1. The lowest BCUT2D eigenvalue weighted by atomic mass is 9.73. The van der Waals surface area contributed by atoms with E-state index in [1.165, 1.54) is 0 Å². The molecule has 5 heteroatoms. The van der Waals surface area contributed by atoms with Crippen LogP contribution in [0, 0.1) is 0 Å². The molecule has 0 bridgehead atoms. The molecule has 24 heavy (non-hydrogen) atoms. The molecule has 1 spiro atoms.